The smallest absolute Gasteiger partial charge is 0.180 e. The van der Waals surface area contributed by atoms with Gasteiger partial charge in [0.15, 0.2) is 11.6 Å². The number of rotatable bonds is 9. The number of hydrogen-bond acceptors (Lipinski definition) is 4. The van der Waals surface area contributed by atoms with Crippen molar-refractivity contribution in [3.05, 3.63) is 35.9 Å². The quantitative estimate of drug-likeness (QED) is 0.494. The average molecular weight is 361 g/mol. The molecule has 1 atom stereocenters. The number of ether oxygens (including phenoxy) is 4. The lowest BCUT2D eigenvalue weighted by Gasteiger charge is -2.36. The Hall–Kier alpha value is -0.460. The van der Waals surface area contributed by atoms with Crippen LogP contribution in [0.15, 0.2) is 30.3 Å². The predicted molar refractivity (Wildman–Crippen MR) is 86.5 cm³/mol. The molecular weight excluding hydrogens is 336 g/mol. The van der Waals surface area contributed by atoms with Crippen molar-refractivity contribution in [2.24, 2.45) is 0 Å². The van der Waals surface area contributed by atoms with Crippen LogP contribution in [0.25, 0.3) is 0 Å². The normalized spacial score (nSPS) is 14.2. The monoisotopic (exact) mass is 360 g/mol. The van der Waals surface area contributed by atoms with Crippen molar-refractivity contribution in [2.75, 3.05) is 26.7 Å². The van der Waals surface area contributed by atoms with Gasteiger partial charge < -0.3 is 18.9 Å². The topological polar surface area (TPSA) is 36.9 Å². The summed E-state index contributed by atoms with van der Waals surface area (Å²) in [4.78, 5) is 0. The van der Waals surface area contributed by atoms with E-state index in [4.69, 9.17) is 18.9 Å². The second-order valence-electron chi connectivity index (χ2n) is 5.28. The summed E-state index contributed by atoms with van der Waals surface area (Å²) in [6.07, 6.45) is 0.334. The summed E-state index contributed by atoms with van der Waals surface area (Å²) in [5, 5.41) is 0.549. The van der Waals surface area contributed by atoms with Gasteiger partial charge in [0.05, 0.1) is 11.4 Å². The van der Waals surface area contributed by atoms with Crippen LogP contribution in [-0.4, -0.2) is 38.2 Å². The fraction of sp³-hybridized carbons (Fsp3) is 0.625. The standard InChI is InChI=1S/C16H25BrO4/c1-15(2,18-3)21-14(13-9-7-6-8-10-13)11-16(12-17,19-4)20-5/h6-10,14H,11-12H2,1-5H3. The van der Waals surface area contributed by atoms with Gasteiger partial charge in [-0.15, -0.1) is 0 Å². The minimum absolute atomic E-state index is 0.210. The van der Waals surface area contributed by atoms with Gasteiger partial charge in [-0.1, -0.05) is 46.3 Å². The minimum Gasteiger partial charge on any atom is -0.354 e. The van der Waals surface area contributed by atoms with E-state index in [0.29, 0.717) is 11.8 Å². The summed E-state index contributed by atoms with van der Waals surface area (Å²) in [6.45, 7) is 3.77. The number of halogens is 1. The molecule has 21 heavy (non-hydrogen) atoms. The van der Waals surface area contributed by atoms with Crippen LogP contribution in [0.3, 0.4) is 0 Å². The molecule has 0 saturated carbocycles. The van der Waals surface area contributed by atoms with E-state index in [0.717, 1.165) is 5.56 Å². The van der Waals surface area contributed by atoms with Crippen LogP contribution in [-0.2, 0) is 18.9 Å². The summed E-state index contributed by atoms with van der Waals surface area (Å²) in [5.74, 6) is -1.44. The maximum atomic E-state index is 6.13. The van der Waals surface area contributed by atoms with Gasteiger partial charge in [-0.2, -0.15) is 0 Å². The molecule has 0 heterocycles. The van der Waals surface area contributed by atoms with E-state index in [1.807, 2.05) is 44.2 Å². The van der Waals surface area contributed by atoms with Crippen LogP contribution in [0.5, 0.6) is 0 Å². The van der Waals surface area contributed by atoms with Crippen LogP contribution in [0, 0.1) is 0 Å². The molecule has 0 bridgehead atoms. The molecule has 0 saturated heterocycles. The highest BCUT2D eigenvalue weighted by Gasteiger charge is 2.35. The van der Waals surface area contributed by atoms with E-state index in [1.54, 1.807) is 21.3 Å². The van der Waals surface area contributed by atoms with Gasteiger partial charge in [0, 0.05) is 27.8 Å². The largest absolute Gasteiger partial charge is 0.354 e. The summed E-state index contributed by atoms with van der Waals surface area (Å²) in [5.41, 5.74) is 1.06. The molecular formula is C16H25BrO4. The van der Waals surface area contributed by atoms with Crippen molar-refractivity contribution in [3.63, 3.8) is 0 Å². The van der Waals surface area contributed by atoms with Crippen molar-refractivity contribution in [1.82, 2.24) is 0 Å². The number of hydrogen-bond donors (Lipinski definition) is 0. The highest BCUT2D eigenvalue weighted by Crippen LogP contribution is 2.34. The number of alkyl halides is 1. The Balaban J connectivity index is 3.02. The van der Waals surface area contributed by atoms with Gasteiger partial charge >= 0.3 is 0 Å². The molecule has 0 radical (unpaired) electrons. The van der Waals surface area contributed by atoms with Crippen LogP contribution in [0.2, 0.25) is 0 Å². The Bertz CT molecular complexity index is 396. The fourth-order valence-corrected chi connectivity index (χ4v) is 2.67. The zero-order chi connectivity index (χ0) is 15.9. The minimum atomic E-state index is -0.746. The predicted octanol–water partition coefficient (Wildman–Crippen LogP) is 3.90. The fourth-order valence-electron chi connectivity index (χ4n) is 1.98. The Labute approximate surface area is 135 Å². The lowest BCUT2D eigenvalue weighted by atomic mass is 10.0. The van der Waals surface area contributed by atoms with Gasteiger partial charge in [-0.25, -0.2) is 0 Å². The highest BCUT2D eigenvalue weighted by atomic mass is 79.9. The number of methoxy groups -OCH3 is 3. The lowest BCUT2D eigenvalue weighted by Crippen LogP contribution is -2.40. The molecule has 0 fully saturated rings. The second-order valence-corrected chi connectivity index (χ2v) is 5.84. The Morgan fingerprint density at radius 1 is 1.00 bits per heavy atom. The third-order valence-electron chi connectivity index (χ3n) is 3.53. The van der Waals surface area contributed by atoms with E-state index in [2.05, 4.69) is 15.9 Å². The van der Waals surface area contributed by atoms with Crippen LogP contribution in [0.4, 0.5) is 0 Å². The van der Waals surface area contributed by atoms with Gasteiger partial charge in [0.1, 0.15) is 0 Å². The first kappa shape index (κ1) is 18.6. The highest BCUT2D eigenvalue weighted by molar-refractivity contribution is 9.09. The molecule has 1 rings (SSSR count). The molecule has 1 unspecified atom stereocenters. The molecule has 4 nitrogen and oxygen atoms in total. The van der Waals surface area contributed by atoms with Crippen molar-refractivity contribution < 1.29 is 18.9 Å². The van der Waals surface area contributed by atoms with E-state index in [9.17, 15) is 0 Å². The Morgan fingerprint density at radius 3 is 2.00 bits per heavy atom. The summed E-state index contributed by atoms with van der Waals surface area (Å²) in [7, 11) is 4.90. The zero-order valence-corrected chi connectivity index (χ0v) is 15.0. The Morgan fingerprint density at radius 2 is 1.57 bits per heavy atom. The average Bonchev–Trinajstić information content (AvgIpc) is 2.52. The molecule has 1 aromatic rings. The third-order valence-corrected chi connectivity index (χ3v) is 4.39. The molecule has 0 aliphatic rings. The van der Waals surface area contributed by atoms with E-state index < -0.39 is 11.6 Å². The Kier molecular flexibility index (Phi) is 7.30. The van der Waals surface area contributed by atoms with Crippen molar-refractivity contribution in [1.29, 1.82) is 0 Å². The van der Waals surface area contributed by atoms with E-state index in [-0.39, 0.29) is 6.10 Å². The molecule has 5 heteroatoms. The first-order valence-electron chi connectivity index (χ1n) is 6.86. The third kappa shape index (κ3) is 5.34. The maximum absolute atomic E-state index is 6.13. The summed E-state index contributed by atoms with van der Waals surface area (Å²) < 4.78 is 22.6. The summed E-state index contributed by atoms with van der Waals surface area (Å²) >= 11 is 3.45. The van der Waals surface area contributed by atoms with E-state index in [1.165, 1.54) is 0 Å². The van der Waals surface area contributed by atoms with Gasteiger partial charge in [-0.3, -0.25) is 0 Å². The molecule has 0 spiro atoms. The van der Waals surface area contributed by atoms with Gasteiger partial charge in [0.2, 0.25) is 0 Å². The van der Waals surface area contributed by atoms with Gasteiger partial charge in [0.25, 0.3) is 0 Å². The SMILES string of the molecule is COC(C)(C)OC(CC(CBr)(OC)OC)c1ccccc1. The zero-order valence-electron chi connectivity index (χ0n) is 13.4. The van der Waals surface area contributed by atoms with E-state index >= 15 is 0 Å². The van der Waals surface area contributed by atoms with Crippen LogP contribution < -0.4 is 0 Å². The lowest BCUT2D eigenvalue weighted by molar-refractivity contribution is -0.259. The summed E-state index contributed by atoms with van der Waals surface area (Å²) in [6, 6.07) is 10.0. The molecule has 0 aliphatic heterocycles. The van der Waals surface area contributed by atoms with Crippen molar-refractivity contribution in [2.45, 2.75) is 37.9 Å². The first-order chi connectivity index (χ1) is 9.92. The van der Waals surface area contributed by atoms with Crippen LogP contribution >= 0.6 is 15.9 Å². The molecule has 0 N–H and O–H groups in total. The molecule has 120 valence electrons. The van der Waals surface area contributed by atoms with Gasteiger partial charge in [-0.05, 0) is 19.4 Å². The molecule has 0 amide bonds. The van der Waals surface area contributed by atoms with Crippen molar-refractivity contribution in [3.8, 4) is 0 Å². The number of benzene rings is 1. The molecule has 1 aromatic carbocycles. The van der Waals surface area contributed by atoms with Crippen molar-refractivity contribution >= 4 is 15.9 Å². The maximum Gasteiger partial charge on any atom is 0.180 e. The first-order valence-corrected chi connectivity index (χ1v) is 7.98. The molecule has 0 aromatic heterocycles. The van der Waals surface area contributed by atoms with Crippen LogP contribution in [0.1, 0.15) is 31.9 Å². The second kappa shape index (κ2) is 8.25. The molecule has 0 aliphatic carbocycles.